The van der Waals surface area contributed by atoms with Crippen LogP contribution < -0.4 is 5.32 Å². The number of nitrogens with one attached hydrogen (secondary N) is 1. The fourth-order valence-electron chi connectivity index (χ4n) is 1.68. The third kappa shape index (κ3) is 4.63. The molecule has 0 aliphatic carbocycles. The molecule has 0 unspecified atom stereocenters. The Morgan fingerprint density at radius 2 is 2.16 bits per heavy atom. The van der Waals surface area contributed by atoms with Crippen molar-refractivity contribution in [3.05, 3.63) is 15.4 Å². The number of thiazole rings is 1. The predicted octanol–water partition coefficient (Wildman–Crippen LogP) is 3.15. The van der Waals surface area contributed by atoms with Crippen molar-refractivity contribution in [3.8, 4) is 10.7 Å². The molecule has 2 heterocycles. The van der Waals surface area contributed by atoms with Crippen molar-refractivity contribution >= 4 is 22.7 Å². The normalized spacial score (nSPS) is 11.4. The monoisotopic (exact) mass is 296 g/mol. The van der Waals surface area contributed by atoms with E-state index < -0.39 is 0 Å². The first-order valence-corrected chi connectivity index (χ1v) is 8.30. The molecule has 0 aliphatic rings. The summed E-state index contributed by atoms with van der Waals surface area (Å²) in [5, 5.41) is 17.1. The van der Waals surface area contributed by atoms with Gasteiger partial charge in [-0.2, -0.15) is 0 Å². The van der Waals surface area contributed by atoms with Crippen LogP contribution in [-0.2, 0) is 6.42 Å². The highest BCUT2D eigenvalue weighted by Crippen LogP contribution is 2.25. The zero-order valence-corrected chi connectivity index (χ0v) is 13.3. The summed E-state index contributed by atoms with van der Waals surface area (Å²) in [7, 11) is 0. The molecule has 4 nitrogen and oxygen atoms in total. The van der Waals surface area contributed by atoms with Gasteiger partial charge in [-0.25, -0.2) is 4.98 Å². The molecule has 0 spiro atoms. The van der Waals surface area contributed by atoms with E-state index in [4.69, 9.17) is 0 Å². The van der Waals surface area contributed by atoms with E-state index in [2.05, 4.69) is 34.3 Å². The average Bonchev–Trinajstić information content (AvgIpc) is 2.97. The Balaban J connectivity index is 1.78. The van der Waals surface area contributed by atoms with Crippen LogP contribution in [0.2, 0.25) is 0 Å². The summed E-state index contributed by atoms with van der Waals surface area (Å²) in [6.45, 7) is 8.58. The predicted molar refractivity (Wildman–Crippen MR) is 81.8 cm³/mol. The minimum absolute atomic E-state index is 0.709. The van der Waals surface area contributed by atoms with E-state index in [1.165, 1.54) is 0 Å². The Morgan fingerprint density at radius 3 is 2.84 bits per heavy atom. The van der Waals surface area contributed by atoms with Crippen LogP contribution in [0.1, 0.15) is 30.3 Å². The van der Waals surface area contributed by atoms with Gasteiger partial charge in [0.25, 0.3) is 0 Å². The maximum Gasteiger partial charge on any atom is 0.167 e. The number of hydrogen-bond donors (Lipinski definition) is 1. The van der Waals surface area contributed by atoms with Crippen LogP contribution >= 0.6 is 22.7 Å². The first kappa shape index (κ1) is 14.6. The smallest absolute Gasteiger partial charge is 0.167 e. The second kappa shape index (κ2) is 7.07. The quantitative estimate of drug-likeness (QED) is 0.797. The van der Waals surface area contributed by atoms with Gasteiger partial charge in [-0.3, -0.25) is 0 Å². The zero-order valence-electron chi connectivity index (χ0n) is 11.6. The third-order valence-electron chi connectivity index (χ3n) is 2.60. The van der Waals surface area contributed by atoms with Gasteiger partial charge in [0.2, 0.25) is 0 Å². The standard InChI is InChI=1S/C13H20N4S2/c1-9(2)7-14-6-4-5-12-16-17-13(19-12)11-8-18-10(3)15-11/h8-9,14H,4-7H2,1-3H3. The SMILES string of the molecule is Cc1nc(-c2nnc(CCCNCC(C)C)s2)cs1. The van der Waals surface area contributed by atoms with Crippen molar-refractivity contribution in [1.29, 1.82) is 0 Å². The van der Waals surface area contributed by atoms with Crippen molar-refractivity contribution in [2.24, 2.45) is 5.92 Å². The lowest BCUT2D eigenvalue weighted by Crippen LogP contribution is -2.21. The molecule has 0 aromatic carbocycles. The van der Waals surface area contributed by atoms with Crippen molar-refractivity contribution in [2.45, 2.75) is 33.6 Å². The summed E-state index contributed by atoms with van der Waals surface area (Å²) in [6.07, 6.45) is 2.10. The highest BCUT2D eigenvalue weighted by molar-refractivity contribution is 7.15. The summed E-state index contributed by atoms with van der Waals surface area (Å²) in [4.78, 5) is 4.44. The van der Waals surface area contributed by atoms with Crippen molar-refractivity contribution in [3.63, 3.8) is 0 Å². The zero-order chi connectivity index (χ0) is 13.7. The van der Waals surface area contributed by atoms with Crippen LogP contribution in [0.15, 0.2) is 5.38 Å². The molecule has 0 saturated carbocycles. The van der Waals surface area contributed by atoms with Crippen molar-refractivity contribution in [2.75, 3.05) is 13.1 Å². The topological polar surface area (TPSA) is 50.7 Å². The molecule has 2 aromatic heterocycles. The van der Waals surface area contributed by atoms with E-state index in [0.29, 0.717) is 5.92 Å². The fourth-order valence-corrected chi connectivity index (χ4v) is 3.19. The Bertz CT molecular complexity index is 504. The molecule has 6 heteroatoms. The van der Waals surface area contributed by atoms with Crippen molar-refractivity contribution in [1.82, 2.24) is 20.5 Å². The largest absolute Gasteiger partial charge is 0.316 e. The first-order chi connectivity index (χ1) is 9.15. The maximum absolute atomic E-state index is 4.44. The highest BCUT2D eigenvalue weighted by Gasteiger charge is 2.09. The Labute approximate surface area is 122 Å². The van der Waals surface area contributed by atoms with Crippen LogP contribution in [0, 0.1) is 12.8 Å². The number of hydrogen-bond acceptors (Lipinski definition) is 6. The van der Waals surface area contributed by atoms with E-state index >= 15 is 0 Å². The average molecular weight is 296 g/mol. The van der Waals surface area contributed by atoms with Crippen LogP contribution in [-0.4, -0.2) is 28.3 Å². The van der Waals surface area contributed by atoms with Gasteiger partial charge < -0.3 is 5.32 Å². The molecule has 2 rings (SSSR count). The Morgan fingerprint density at radius 1 is 1.32 bits per heavy atom. The van der Waals surface area contributed by atoms with Gasteiger partial charge in [-0.15, -0.1) is 21.5 Å². The third-order valence-corrected chi connectivity index (χ3v) is 4.38. The summed E-state index contributed by atoms with van der Waals surface area (Å²) >= 11 is 3.31. The van der Waals surface area contributed by atoms with Gasteiger partial charge in [0.05, 0.1) is 5.01 Å². The number of nitrogens with zero attached hydrogens (tertiary/aromatic N) is 3. The van der Waals surface area contributed by atoms with E-state index in [0.717, 1.165) is 46.6 Å². The molecule has 1 N–H and O–H groups in total. The summed E-state index contributed by atoms with van der Waals surface area (Å²) in [6, 6.07) is 0. The Hall–Kier alpha value is -0.850. The second-order valence-electron chi connectivity index (χ2n) is 4.95. The van der Waals surface area contributed by atoms with Gasteiger partial charge in [0.15, 0.2) is 5.01 Å². The van der Waals surface area contributed by atoms with Crippen molar-refractivity contribution < 1.29 is 0 Å². The van der Waals surface area contributed by atoms with Crippen LogP contribution in [0.3, 0.4) is 0 Å². The summed E-state index contributed by atoms with van der Waals surface area (Å²) in [5.41, 5.74) is 0.962. The Kier molecular flexibility index (Phi) is 5.42. The number of aryl methyl sites for hydroxylation is 2. The van der Waals surface area contributed by atoms with Gasteiger partial charge in [0.1, 0.15) is 10.7 Å². The van der Waals surface area contributed by atoms with Gasteiger partial charge >= 0.3 is 0 Å². The lowest BCUT2D eigenvalue weighted by atomic mass is 10.2. The minimum Gasteiger partial charge on any atom is -0.316 e. The second-order valence-corrected chi connectivity index (χ2v) is 7.08. The minimum atomic E-state index is 0.709. The van der Waals surface area contributed by atoms with Gasteiger partial charge in [-0.05, 0) is 32.4 Å². The number of rotatable bonds is 7. The molecule has 0 fully saturated rings. The highest BCUT2D eigenvalue weighted by atomic mass is 32.1. The molecule has 104 valence electrons. The van der Waals surface area contributed by atoms with E-state index in [1.807, 2.05) is 12.3 Å². The molecule has 2 aromatic rings. The van der Waals surface area contributed by atoms with E-state index in [-0.39, 0.29) is 0 Å². The van der Waals surface area contributed by atoms with Crippen LogP contribution in [0.5, 0.6) is 0 Å². The van der Waals surface area contributed by atoms with Gasteiger partial charge in [0, 0.05) is 11.8 Å². The first-order valence-electron chi connectivity index (χ1n) is 6.60. The van der Waals surface area contributed by atoms with Gasteiger partial charge in [-0.1, -0.05) is 25.2 Å². The molecule has 0 atom stereocenters. The summed E-state index contributed by atoms with van der Waals surface area (Å²) < 4.78 is 0. The van der Waals surface area contributed by atoms with E-state index in [1.54, 1.807) is 22.7 Å². The van der Waals surface area contributed by atoms with E-state index in [9.17, 15) is 0 Å². The molecule has 0 aliphatic heterocycles. The number of aromatic nitrogens is 3. The molecule has 0 amide bonds. The van der Waals surface area contributed by atoms with Crippen LogP contribution in [0.4, 0.5) is 0 Å². The maximum atomic E-state index is 4.44. The lowest BCUT2D eigenvalue weighted by molar-refractivity contribution is 0.542. The fraction of sp³-hybridized carbons (Fsp3) is 0.615. The summed E-state index contributed by atoms with van der Waals surface area (Å²) in [5.74, 6) is 0.709. The molecule has 19 heavy (non-hydrogen) atoms. The molecule has 0 bridgehead atoms. The lowest BCUT2D eigenvalue weighted by Gasteiger charge is -2.05. The molecule has 0 saturated heterocycles. The molecular formula is C13H20N4S2. The molecule has 0 radical (unpaired) electrons. The molecular weight excluding hydrogens is 276 g/mol. The van der Waals surface area contributed by atoms with Crippen LogP contribution in [0.25, 0.3) is 10.7 Å².